The van der Waals surface area contributed by atoms with Crippen LogP contribution >= 0.6 is 0 Å². The Hall–Kier alpha value is -2.22. The van der Waals surface area contributed by atoms with Gasteiger partial charge in [0.1, 0.15) is 5.69 Å². The first kappa shape index (κ1) is 17.2. The lowest BCUT2D eigenvalue weighted by atomic mass is 10.1. The van der Waals surface area contributed by atoms with Gasteiger partial charge in [-0.15, -0.1) is 0 Å². The maximum atomic E-state index is 12.6. The minimum Gasteiger partial charge on any atom is -0.378 e. The largest absolute Gasteiger partial charge is 0.378 e. The van der Waals surface area contributed by atoms with Crippen LogP contribution in [0.5, 0.6) is 0 Å². The second-order valence-electron chi connectivity index (χ2n) is 7.23. The Morgan fingerprint density at radius 1 is 1.31 bits per heavy atom. The van der Waals surface area contributed by atoms with E-state index in [1.807, 2.05) is 24.9 Å². The van der Waals surface area contributed by atoms with Crippen molar-refractivity contribution in [2.24, 2.45) is 7.05 Å². The highest BCUT2D eigenvalue weighted by Crippen LogP contribution is 2.38. The van der Waals surface area contributed by atoms with Crippen LogP contribution in [-0.4, -0.2) is 56.5 Å². The van der Waals surface area contributed by atoms with Gasteiger partial charge in [-0.3, -0.25) is 9.48 Å². The molecule has 26 heavy (non-hydrogen) atoms. The fourth-order valence-corrected chi connectivity index (χ4v) is 3.38. The lowest BCUT2D eigenvalue weighted by Crippen LogP contribution is -2.41. The Morgan fingerprint density at radius 3 is 2.73 bits per heavy atom. The highest BCUT2D eigenvalue weighted by molar-refractivity contribution is 5.92. The quantitative estimate of drug-likeness (QED) is 0.782. The Morgan fingerprint density at radius 2 is 2.08 bits per heavy atom. The van der Waals surface area contributed by atoms with E-state index in [9.17, 15) is 4.79 Å². The Bertz CT molecular complexity index is 772. The molecule has 140 valence electrons. The van der Waals surface area contributed by atoms with E-state index < -0.39 is 0 Å². The van der Waals surface area contributed by atoms with Gasteiger partial charge in [-0.25, -0.2) is 0 Å². The molecule has 0 atom stereocenters. The van der Waals surface area contributed by atoms with Crippen LogP contribution in [0.25, 0.3) is 0 Å². The molecule has 1 aliphatic heterocycles. The molecule has 1 amide bonds. The molecule has 0 N–H and O–H groups in total. The fraction of sp³-hybridized carbons (Fsp3) is 0.667. The standard InChI is InChI=1S/C18H25N5O3/c1-12-11-15(22(2)20-12)18(24)23-8-5-14(6-9-23)25-10-7-16-19-17(26-21-16)13-3-4-13/h11,13-14H,3-10H2,1-2H3. The summed E-state index contributed by atoms with van der Waals surface area (Å²) in [4.78, 5) is 18.9. The van der Waals surface area contributed by atoms with Crippen molar-refractivity contribution in [2.75, 3.05) is 19.7 Å². The van der Waals surface area contributed by atoms with Crippen LogP contribution < -0.4 is 0 Å². The zero-order valence-corrected chi connectivity index (χ0v) is 15.3. The Kier molecular flexibility index (Phi) is 4.76. The maximum absolute atomic E-state index is 12.6. The van der Waals surface area contributed by atoms with Gasteiger partial charge in [0.15, 0.2) is 5.82 Å². The van der Waals surface area contributed by atoms with Crippen molar-refractivity contribution in [1.82, 2.24) is 24.8 Å². The van der Waals surface area contributed by atoms with Gasteiger partial charge in [0.25, 0.3) is 5.91 Å². The number of ether oxygens (including phenoxy) is 1. The number of carbonyl (C=O) groups is 1. The Labute approximate surface area is 152 Å². The molecule has 8 heteroatoms. The van der Waals surface area contributed by atoms with E-state index in [0.717, 1.165) is 43.1 Å². The zero-order chi connectivity index (χ0) is 18.1. The number of aromatic nitrogens is 4. The molecule has 2 aliphatic rings. The van der Waals surface area contributed by atoms with Gasteiger partial charge in [-0.05, 0) is 38.7 Å². The van der Waals surface area contributed by atoms with Gasteiger partial charge in [-0.2, -0.15) is 10.1 Å². The summed E-state index contributed by atoms with van der Waals surface area (Å²) < 4.78 is 12.9. The molecule has 0 unspecified atom stereocenters. The summed E-state index contributed by atoms with van der Waals surface area (Å²) in [6.07, 6.45) is 4.87. The lowest BCUT2D eigenvalue weighted by Gasteiger charge is -2.31. The van der Waals surface area contributed by atoms with E-state index in [4.69, 9.17) is 9.26 Å². The van der Waals surface area contributed by atoms with Crippen molar-refractivity contribution >= 4 is 5.91 Å². The lowest BCUT2D eigenvalue weighted by molar-refractivity contribution is 0.00919. The molecule has 1 aliphatic carbocycles. The summed E-state index contributed by atoms with van der Waals surface area (Å²) in [6, 6.07) is 1.84. The second kappa shape index (κ2) is 7.19. The van der Waals surface area contributed by atoms with Gasteiger partial charge < -0.3 is 14.2 Å². The first-order valence-electron chi connectivity index (χ1n) is 9.34. The number of carbonyl (C=O) groups excluding carboxylic acids is 1. The van der Waals surface area contributed by atoms with Gasteiger partial charge in [0.2, 0.25) is 5.89 Å². The number of hydrogen-bond acceptors (Lipinski definition) is 6. The molecule has 1 saturated heterocycles. The first-order chi connectivity index (χ1) is 12.6. The van der Waals surface area contributed by atoms with Crippen LogP contribution in [0.1, 0.15) is 59.5 Å². The normalized spacial score (nSPS) is 18.5. The van der Waals surface area contributed by atoms with Crippen LogP contribution in [0.3, 0.4) is 0 Å². The number of amides is 1. The van der Waals surface area contributed by atoms with Crippen molar-refractivity contribution in [3.05, 3.63) is 29.2 Å². The summed E-state index contributed by atoms with van der Waals surface area (Å²) in [6.45, 7) is 3.90. The molecule has 2 aromatic heterocycles. The summed E-state index contributed by atoms with van der Waals surface area (Å²) in [5.74, 6) is 2.04. The second-order valence-corrected chi connectivity index (χ2v) is 7.23. The average molecular weight is 359 g/mol. The predicted octanol–water partition coefficient (Wildman–Crippen LogP) is 1.85. The third kappa shape index (κ3) is 3.80. The molecule has 0 spiro atoms. The van der Waals surface area contributed by atoms with Crippen LogP contribution in [0.15, 0.2) is 10.6 Å². The van der Waals surface area contributed by atoms with E-state index in [1.54, 1.807) is 4.68 Å². The van der Waals surface area contributed by atoms with E-state index in [2.05, 4.69) is 15.2 Å². The molecule has 0 bridgehead atoms. The topological polar surface area (TPSA) is 86.3 Å². The molecule has 0 radical (unpaired) electrons. The van der Waals surface area contributed by atoms with E-state index in [-0.39, 0.29) is 12.0 Å². The third-order valence-corrected chi connectivity index (χ3v) is 5.04. The van der Waals surface area contributed by atoms with E-state index >= 15 is 0 Å². The number of aryl methyl sites for hydroxylation is 2. The Balaban J connectivity index is 1.20. The zero-order valence-electron chi connectivity index (χ0n) is 15.3. The summed E-state index contributed by atoms with van der Waals surface area (Å²) in [5.41, 5.74) is 1.51. The molecule has 2 aromatic rings. The molecular formula is C18H25N5O3. The molecule has 1 saturated carbocycles. The number of piperidine rings is 1. The summed E-state index contributed by atoms with van der Waals surface area (Å²) in [7, 11) is 1.81. The highest BCUT2D eigenvalue weighted by atomic mass is 16.5. The minimum absolute atomic E-state index is 0.0472. The summed E-state index contributed by atoms with van der Waals surface area (Å²) >= 11 is 0. The average Bonchev–Trinajstić information content (AvgIpc) is 3.29. The number of nitrogens with zero attached hydrogens (tertiary/aromatic N) is 5. The summed E-state index contributed by atoms with van der Waals surface area (Å²) in [5, 5.41) is 8.26. The maximum Gasteiger partial charge on any atom is 0.272 e. The van der Waals surface area contributed by atoms with Crippen LogP contribution in [0.2, 0.25) is 0 Å². The van der Waals surface area contributed by atoms with Gasteiger partial charge in [-0.1, -0.05) is 5.16 Å². The predicted molar refractivity (Wildman–Crippen MR) is 92.8 cm³/mol. The third-order valence-electron chi connectivity index (χ3n) is 5.04. The van der Waals surface area contributed by atoms with Crippen molar-refractivity contribution in [3.8, 4) is 0 Å². The van der Waals surface area contributed by atoms with Gasteiger partial charge in [0, 0.05) is 32.5 Å². The highest BCUT2D eigenvalue weighted by Gasteiger charge is 2.30. The molecule has 8 nitrogen and oxygen atoms in total. The van der Waals surface area contributed by atoms with Crippen molar-refractivity contribution < 1.29 is 14.1 Å². The minimum atomic E-state index is 0.0472. The molecule has 2 fully saturated rings. The van der Waals surface area contributed by atoms with Crippen LogP contribution in [-0.2, 0) is 18.2 Å². The number of likely N-dealkylation sites (tertiary alicyclic amines) is 1. The van der Waals surface area contributed by atoms with Gasteiger partial charge >= 0.3 is 0 Å². The first-order valence-corrected chi connectivity index (χ1v) is 9.34. The van der Waals surface area contributed by atoms with Crippen molar-refractivity contribution in [3.63, 3.8) is 0 Å². The number of rotatable bonds is 6. The van der Waals surface area contributed by atoms with Gasteiger partial charge in [0.05, 0.1) is 18.4 Å². The van der Waals surface area contributed by atoms with Crippen molar-refractivity contribution in [2.45, 2.75) is 51.0 Å². The van der Waals surface area contributed by atoms with E-state index in [1.165, 1.54) is 0 Å². The van der Waals surface area contributed by atoms with E-state index in [0.29, 0.717) is 37.7 Å². The molecule has 0 aromatic carbocycles. The van der Waals surface area contributed by atoms with Crippen LogP contribution in [0.4, 0.5) is 0 Å². The monoisotopic (exact) mass is 359 g/mol. The SMILES string of the molecule is Cc1cc(C(=O)N2CCC(OCCc3noc(C4CC4)n3)CC2)n(C)n1. The van der Waals surface area contributed by atoms with Crippen LogP contribution in [0, 0.1) is 6.92 Å². The van der Waals surface area contributed by atoms with Crippen molar-refractivity contribution in [1.29, 1.82) is 0 Å². The number of hydrogen-bond donors (Lipinski definition) is 0. The molecular weight excluding hydrogens is 334 g/mol. The smallest absolute Gasteiger partial charge is 0.272 e. The fourth-order valence-electron chi connectivity index (χ4n) is 3.38. The molecule has 3 heterocycles. The molecule has 4 rings (SSSR count).